The number of rotatable bonds is 5. The van der Waals surface area contributed by atoms with Gasteiger partial charge in [-0.15, -0.1) is 0 Å². The minimum absolute atomic E-state index is 0.205. The lowest BCUT2D eigenvalue weighted by Gasteiger charge is -2.30. The van der Waals surface area contributed by atoms with Crippen LogP contribution in [0.25, 0.3) is 0 Å². The molecule has 0 aromatic heterocycles. The highest BCUT2D eigenvalue weighted by Crippen LogP contribution is 2.26. The SMILES string of the molecule is CCN(CCOC)C(=O)C1(C)CCNC1. The van der Waals surface area contributed by atoms with Crippen LogP contribution in [0.2, 0.25) is 0 Å². The molecule has 1 heterocycles. The molecule has 1 rings (SSSR count). The van der Waals surface area contributed by atoms with Crippen molar-refractivity contribution in [2.45, 2.75) is 20.3 Å². The Balaban J connectivity index is 2.55. The number of carbonyl (C=O) groups excluding carboxylic acids is 1. The first-order valence-corrected chi connectivity index (χ1v) is 5.63. The van der Waals surface area contributed by atoms with Gasteiger partial charge in [0.15, 0.2) is 0 Å². The molecule has 0 aromatic carbocycles. The van der Waals surface area contributed by atoms with Gasteiger partial charge in [0.05, 0.1) is 12.0 Å². The van der Waals surface area contributed by atoms with Gasteiger partial charge < -0.3 is 15.0 Å². The first-order chi connectivity index (χ1) is 7.14. The Morgan fingerprint density at radius 1 is 1.60 bits per heavy atom. The van der Waals surface area contributed by atoms with Crippen molar-refractivity contribution >= 4 is 5.91 Å². The molecule has 0 bridgehead atoms. The standard InChI is InChI=1S/C11H22N2O2/c1-4-13(7-8-15-3)10(14)11(2)5-6-12-9-11/h12H,4-9H2,1-3H3. The number of nitrogens with one attached hydrogen (secondary N) is 1. The van der Waals surface area contributed by atoms with E-state index in [1.54, 1.807) is 7.11 Å². The summed E-state index contributed by atoms with van der Waals surface area (Å²) in [6.07, 6.45) is 0.940. The summed E-state index contributed by atoms with van der Waals surface area (Å²) in [5, 5.41) is 3.25. The maximum Gasteiger partial charge on any atom is 0.229 e. The molecule has 4 nitrogen and oxygen atoms in total. The molecule has 88 valence electrons. The third-order valence-corrected chi connectivity index (χ3v) is 3.12. The molecule has 1 aliphatic rings. The molecule has 0 aliphatic carbocycles. The molecular weight excluding hydrogens is 192 g/mol. The summed E-state index contributed by atoms with van der Waals surface area (Å²) >= 11 is 0. The molecular formula is C11H22N2O2. The van der Waals surface area contributed by atoms with Crippen LogP contribution in [0.5, 0.6) is 0 Å². The van der Waals surface area contributed by atoms with E-state index in [-0.39, 0.29) is 11.3 Å². The summed E-state index contributed by atoms with van der Waals surface area (Å²) in [5.41, 5.74) is -0.205. The fourth-order valence-electron chi connectivity index (χ4n) is 1.99. The van der Waals surface area contributed by atoms with E-state index >= 15 is 0 Å². The number of likely N-dealkylation sites (N-methyl/N-ethyl adjacent to an activating group) is 1. The third kappa shape index (κ3) is 2.92. The molecule has 0 radical (unpaired) electrons. The molecule has 1 unspecified atom stereocenters. The molecule has 0 saturated carbocycles. The number of amides is 1. The smallest absolute Gasteiger partial charge is 0.229 e. The Labute approximate surface area is 92.0 Å². The van der Waals surface area contributed by atoms with Crippen molar-refractivity contribution in [2.24, 2.45) is 5.41 Å². The Bertz CT molecular complexity index is 213. The number of methoxy groups -OCH3 is 1. The van der Waals surface area contributed by atoms with Crippen molar-refractivity contribution < 1.29 is 9.53 Å². The van der Waals surface area contributed by atoms with Gasteiger partial charge in [0.25, 0.3) is 0 Å². The molecule has 1 atom stereocenters. The van der Waals surface area contributed by atoms with E-state index in [0.717, 1.165) is 26.1 Å². The second-order valence-electron chi connectivity index (χ2n) is 4.37. The van der Waals surface area contributed by atoms with E-state index < -0.39 is 0 Å². The van der Waals surface area contributed by atoms with E-state index in [9.17, 15) is 4.79 Å². The highest BCUT2D eigenvalue weighted by atomic mass is 16.5. The fourth-order valence-corrected chi connectivity index (χ4v) is 1.99. The lowest BCUT2D eigenvalue weighted by Crippen LogP contribution is -2.44. The van der Waals surface area contributed by atoms with E-state index in [4.69, 9.17) is 4.74 Å². The second kappa shape index (κ2) is 5.47. The number of ether oxygens (including phenoxy) is 1. The molecule has 0 aromatic rings. The van der Waals surface area contributed by atoms with E-state index in [1.165, 1.54) is 0 Å². The van der Waals surface area contributed by atoms with Gasteiger partial charge >= 0.3 is 0 Å². The van der Waals surface area contributed by atoms with Gasteiger partial charge in [0.2, 0.25) is 5.91 Å². The van der Waals surface area contributed by atoms with Crippen LogP contribution < -0.4 is 5.32 Å². The largest absolute Gasteiger partial charge is 0.383 e. The zero-order valence-corrected chi connectivity index (χ0v) is 10.0. The summed E-state index contributed by atoms with van der Waals surface area (Å²) < 4.78 is 5.01. The second-order valence-corrected chi connectivity index (χ2v) is 4.37. The van der Waals surface area contributed by atoms with Gasteiger partial charge in [-0.1, -0.05) is 0 Å². The van der Waals surface area contributed by atoms with Crippen LogP contribution in [0.3, 0.4) is 0 Å². The van der Waals surface area contributed by atoms with Crippen molar-refractivity contribution in [1.29, 1.82) is 0 Å². The zero-order valence-electron chi connectivity index (χ0n) is 10.0. The minimum Gasteiger partial charge on any atom is -0.383 e. The maximum absolute atomic E-state index is 12.2. The van der Waals surface area contributed by atoms with Crippen molar-refractivity contribution in [1.82, 2.24) is 10.2 Å². The van der Waals surface area contributed by atoms with Crippen LogP contribution in [0.15, 0.2) is 0 Å². The Morgan fingerprint density at radius 3 is 2.80 bits per heavy atom. The van der Waals surface area contributed by atoms with Crippen LogP contribution in [0.1, 0.15) is 20.3 Å². The first kappa shape index (κ1) is 12.5. The molecule has 1 aliphatic heterocycles. The molecule has 0 spiro atoms. The van der Waals surface area contributed by atoms with Crippen LogP contribution >= 0.6 is 0 Å². The Kier molecular flexibility index (Phi) is 4.54. The average molecular weight is 214 g/mol. The van der Waals surface area contributed by atoms with Crippen LogP contribution in [0, 0.1) is 5.41 Å². The minimum atomic E-state index is -0.205. The number of carbonyl (C=O) groups is 1. The van der Waals surface area contributed by atoms with Crippen LogP contribution in [-0.4, -0.2) is 50.7 Å². The van der Waals surface area contributed by atoms with Gasteiger partial charge in [-0.3, -0.25) is 4.79 Å². The monoisotopic (exact) mass is 214 g/mol. The summed E-state index contributed by atoms with van der Waals surface area (Å²) in [6, 6.07) is 0. The summed E-state index contributed by atoms with van der Waals surface area (Å²) in [6.45, 7) is 7.88. The normalized spacial score (nSPS) is 25.5. The van der Waals surface area contributed by atoms with Gasteiger partial charge in [-0.05, 0) is 26.8 Å². The van der Waals surface area contributed by atoms with Gasteiger partial charge in [-0.2, -0.15) is 0 Å². The molecule has 4 heteroatoms. The quantitative estimate of drug-likeness (QED) is 0.724. The molecule has 1 N–H and O–H groups in total. The molecule has 1 amide bonds. The van der Waals surface area contributed by atoms with Crippen molar-refractivity contribution in [3.05, 3.63) is 0 Å². The molecule has 1 fully saturated rings. The number of hydrogen-bond donors (Lipinski definition) is 1. The summed E-state index contributed by atoms with van der Waals surface area (Å²) in [4.78, 5) is 14.1. The van der Waals surface area contributed by atoms with Crippen LogP contribution in [-0.2, 0) is 9.53 Å². The van der Waals surface area contributed by atoms with E-state index in [0.29, 0.717) is 13.2 Å². The fraction of sp³-hybridized carbons (Fsp3) is 0.909. The van der Waals surface area contributed by atoms with Gasteiger partial charge in [0.1, 0.15) is 0 Å². The predicted molar refractivity (Wildman–Crippen MR) is 59.7 cm³/mol. The van der Waals surface area contributed by atoms with Crippen molar-refractivity contribution in [3.8, 4) is 0 Å². The van der Waals surface area contributed by atoms with Crippen molar-refractivity contribution in [3.63, 3.8) is 0 Å². The van der Waals surface area contributed by atoms with Gasteiger partial charge in [-0.25, -0.2) is 0 Å². The van der Waals surface area contributed by atoms with Crippen molar-refractivity contribution in [2.75, 3.05) is 39.9 Å². The Hall–Kier alpha value is -0.610. The third-order valence-electron chi connectivity index (χ3n) is 3.12. The summed E-state index contributed by atoms with van der Waals surface area (Å²) in [7, 11) is 1.66. The maximum atomic E-state index is 12.2. The lowest BCUT2D eigenvalue weighted by atomic mass is 9.88. The zero-order chi connectivity index (χ0) is 11.3. The molecule has 15 heavy (non-hydrogen) atoms. The van der Waals surface area contributed by atoms with Crippen LogP contribution in [0.4, 0.5) is 0 Å². The molecule has 1 saturated heterocycles. The first-order valence-electron chi connectivity index (χ1n) is 5.63. The highest BCUT2D eigenvalue weighted by molar-refractivity contribution is 5.83. The number of hydrogen-bond acceptors (Lipinski definition) is 3. The summed E-state index contributed by atoms with van der Waals surface area (Å²) in [5.74, 6) is 0.257. The number of nitrogens with zero attached hydrogens (tertiary/aromatic N) is 1. The lowest BCUT2D eigenvalue weighted by molar-refractivity contribution is -0.140. The predicted octanol–water partition coefficient (Wildman–Crippen LogP) is 0.481. The van der Waals surface area contributed by atoms with E-state index in [1.807, 2.05) is 18.7 Å². The topological polar surface area (TPSA) is 41.6 Å². The average Bonchev–Trinajstić information content (AvgIpc) is 2.67. The van der Waals surface area contributed by atoms with Gasteiger partial charge in [0, 0.05) is 26.7 Å². The Morgan fingerprint density at radius 2 is 2.33 bits per heavy atom. The highest BCUT2D eigenvalue weighted by Gasteiger charge is 2.38. The van der Waals surface area contributed by atoms with E-state index in [2.05, 4.69) is 5.32 Å².